The molecule has 376 valence electrons. The van der Waals surface area contributed by atoms with E-state index < -0.39 is 20.0 Å². The number of phosphoric acid groups is 1. The number of likely N-dealkylation sites (N-methyl/N-ethyl adjacent to an activating group) is 1. The van der Waals surface area contributed by atoms with E-state index in [0.29, 0.717) is 17.4 Å². The molecule has 0 aliphatic heterocycles. The van der Waals surface area contributed by atoms with Gasteiger partial charge in [0.1, 0.15) is 13.2 Å². The third kappa shape index (κ3) is 48.4. The van der Waals surface area contributed by atoms with E-state index in [2.05, 4.69) is 55.6 Å². The van der Waals surface area contributed by atoms with Crippen LogP contribution in [0.25, 0.3) is 0 Å². The third-order valence-corrected chi connectivity index (χ3v) is 13.0. The van der Waals surface area contributed by atoms with Crippen LogP contribution in [-0.2, 0) is 18.4 Å². The van der Waals surface area contributed by atoms with E-state index >= 15 is 0 Å². The van der Waals surface area contributed by atoms with Crippen LogP contribution in [0.2, 0.25) is 0 Å². The summed E-state index contributed by atoms with van der Waals surface area (Å²) in [5.41, 5.74) is 0. The van der Waals surface area contributed by atoms with Crippen LogP contribution in [0.15, 0.2) is 48.6 Å². The zero-order chi connectivity index (χ0) is 47.1. The summed E-state index contributed by atoms with van der Waals surface area (Å²) in [5, 5.41) is 13.9. The highest BCUT2D eigenvalue weighted by atomic mass is 31.2. The number of rotatable bonds is 49. The van der Waals surface area contributed by atoms with Crippen molar-refractivity contribution < 1.29 is 32.9 Å². The summed E-state index contributed by atoms with van der Waals surface area (Å²) < 4.78 is 23.6. The normalized spacial score (nSPS) is 14.4. The van der Waals surface area contributed by atoms with Gasteiger partial charge in [0.05, 0.1) is 39.9 Å². The monoisotopic (exact) mass is 922 g/mol. The predicted octanol–water partition coefficient (Wildman–Crippen LogP) is 16.0. The molecule has 0 aromatic heterocycles. The van der Waals surface area contributed by atoms with Gasteiger partial charge in [-0.2, -0.15) is 0 Å². The second-order valence-corrected chi connectivity index (χ2v) is 21.0. The summed E-state index contributed by atoms with van der Waals surface area (Å²) in [7, 11) is 1.54. The molecule has 9 heteroatoms. The van der Waals surface area contributed by atoms with Crippen LogP contribution < -0.4 is 5.32 Å². The molecule has 0 fully saturated rings. The fourth-order valence-electron chi connectivity index (χ4n) is 7.74. The van der Waals surface area contributed by atoms with Gasteiger partial charge in [-0.05, 0) is 64.2 Å². The van der Waals surface area contributed by atoms with Crippen LogP contribution in [0, 0.1) is 0 Å². The highest BCUT2D eigenvalue weighted by Gasteiger charge is 2.27. The molecule has 3 atom stereocenters. The number of unbranched alkanes of at least 4 members (excludes halogenated alkanes) is 30. The Balaban J connectivity index is 4.29. The van der Waals surface area contributed by atoms with E-state index in [9.17, 15) is 19.4 Å². The minimum absolute atomic E-state index is 0.0523. The topological polar surface area (TPSA) is 105 Å². The number of hydrogen-bond acceptors (Lipinski definition) is 5. The van der Waals surface area contributed by atoms with E-state index in [1.165, 1.54) is 161 Å². The smallest absolute Gasteiger partial charge is 0.387 e. The minimum Gasteiger partial charge on any atom is -0.387 e. The molecular formula is C55H106N2O6P+. The minimum atomic E-state index is -4.36. The molecule has 0 aliphatic rings. The Hall–Kier alpha value is -1.54. The van der Waals surface area contributed by atoms with Gasteiger partial charge in [0, 0.05) is 6.42 Å². The van der Waals surface area contributed by atoms with Crippen molar-refractivity contribution >= 4 is 13.7 Å². The van der Waals surface area contributed by atoms with Crippen LogP contribution in [0.3, 0.4) is 0 Å². The predicted molar refractivity (Wildman–Crippen MR) is 277 cm³/mol. The average molecular weight is 922 g/mol. The molecule has 0 heterocycles. The molecule has 0 aliphatic carbocycles. The fraction of sp³-hybridized carbons (Fsp3) is 0.836. The van der Waals surface area contributed by atoms with Crippen molar-refractivity contribution in [3.05, 3.63) is 48.6 Å². The van der Waals surface area contributed by atoms with Crippen molar-refractivity contribution in [3.63, 3.8) is 0 Å². The maximum absolute atomic E-state index is 12.9. The van der Waals surface area contributed by atoms with E-state index in [1.807, 2.05) is 27.2 Å². The SMILES string of the molecule is CCCCCC/C=C\C/C=C\CCCCCCCC(=O)NC(COP(=O)(O)OCC[N+](C)(C)C)C(O)/C=C/CC/C=C/CCCCCCCCCCCCCCCCCCCCCC. The van der Waals surface area contributed by atoms with E-state index in [0.717, 1.165) is 64.2 Å². The Morgan fingerprint density at radius 1 is 0.531 bits per heavy atom. The van der Waals surface area contributed by atoms with Crippen molar-refractivity contribution in [1.29, 1.82) is 0 Å². The number of nitrogens with zero attached hydrogens (tertiary/aromatic N) is 1. The number of allylic oxidation sites excluding steroid dienone is 7. The number of carbonyl (C=O) groups is 1. The molecule has 0 aromatic carbocycles. The number of carbonyl (C=O) groups excluding carboxylic acids is 1. The Bertz CT molecular complexity index is 1180. The molecule has 64 heavy (non-hydrogen) atoms. The van der Waals surface area contributed by atoms with Gasteiger partial charge >= 0.3 is 7.82 Å². The Labute approximate surface area is 397 Å². The first-order valence-corrected chi connectivity index (χ1v) is 28.5. The van der Waals surface area contributed by atoms with Crippen LogP contribution in [0.4, 0.5) is 0 Å². The molecule has 0 saturated carbocycles. The number of aliphatic hydroxyl groups excluding tert-OH is 1. The van der Waals surface area contributed by atoms with E-state index in [1.54, 1.807) is 6.08 Å². The maximum Gasteiger partial charge on any atom is 0.472 e. The fourth-order valence-corrected chi connectivity index (χ4v) is 8.47. The van der Waals surface area contributed by atoms with Gasteiger partial charge in [-0.1, -0.05) is 223 Å². The van der Waals surface area contributed by atoms with E-state index in [-0.39, 0.29) is 19.1 Å². The summed E-state index contributed by atoms with van der Waals surface area (Å²) >= 11 is 0. The van der Waals surface area contributed by atoms with Crippen molar-refractivity contribution in [2.45, 2.75) is 257 Å². The van der Waals surface area contributed by atoms with Crippen molar-refractivity contribution in [3.8, 4) is 0 Å². The number of nitrogens with one attached hydrogen (secondary N) is 1. The summed E-state index contributed by atoms with van der Waals surface area (Å²) in [6.45, 7) is 4.78. The third-order valence-electron chi connectivity index (χ3n) is 12.0. The lowest BCUT2D eigenvalue weighted by Gasteiger charge is -2.25. The van der Waals surface area contributed by atoms with Gasteiger partial charge in [0.2, 0.25) is 5.91 Å². The van der Waals surface area contributed by atoms with Crippen LogP contribution >= 0.6 is 7.82 Å². The number of amides is 1. The van der Waals surface area contributed by atoms with Crippen molar-refractivity contribution in [1.82, 2.24) is 5.32 Å². The maximum atomic E-state index is 12.9. The lowest BCUT2D eigenvalue weighted by molar-refractivity contribution is -0.870. The Morgan fingerprint density at radius 3 is 1.36 bits per heavy atom. The zero-order valence-corrected chi connectivity index (χ0v) is 43.7. The molecule has 0 bridgehead atoms. The van der Waals surface area contributed by atoms with Gasteiger partial charge in [0.15, 0.2) is 0 Å². The molecule has 0 rings (SSSR count). The number of hydrogen-bond donors (Lipinski definition) is 3. The molecule has 0 radical (unpaired) electrons. The van der Waals surface area contributed by atoms with Crippen molar-refractivity contribution in [2.24, 2.45) is 0 Å². The molecule has 3 unspecified atom stereocenters. The summed E-state index contributed by atoms with van der Waals surface area (Å²) in [6.07, 6.45) is 60.7. The first kappa shape index (κ1) is 62.5. The lowest BCUT2D eigenvalue weighted by atomic mass is 10.0. The summed E-state index contributed by atoms with van der Waals surface area (Å²) in [4.78, 5) is 23.2. The first-order chi connectivity index (χ1) is 31.0. The van der Waals surface area contributed by atoms with Gasteiger partial charge in [-0.15, -0.1) is 0 Å². The zero-order valence-electron chi connectivity index (χ0n) is 42.8. The number of phosphoric ester groups is 1. The Kier molecular flexibility index (Phi) is 45.4. The molecule has 8 nitrogen and oxygen atoms in total. The van der Waals surface area contributed by atoms with Gasteiger partial charge < -0.3 is 19.8 Å². The average Bonchev–Trinajstić information content (AvgIpc) is 3.25. The standard InChI is InChI=1S/C55H105N2O6P/c1-6-8-10-12-14-16-18-20-22-24-25-26-27-28-29-30-31-32-33-34-36-38-40-42-44-46-48-54(58)53(52-63-64(60,61)62-51-50-57(3,4)5)56-55(59)49-47-45-43-41-39-37-35-23-21-19-17-15-13-11-9-7-2/h17,19,23,35,38,40,46,48,53-54,58H,6-16,18,20-22,24-34,36-37,39,41-45,47,49-52H2,1-5H3,(H-,56,59,60,61)/p+1/b19-17-,35-23-,40-38+,48-46+. The quantitative estimate of drug-likeness (QED) is 0.0243. The number of aliphatic hydroxyl groups is 1. The van der Waals surface area contributed by atoms with Crippen LogP contribution in [0.1, 0.15) is 245 Å². The van der Waals surface area contributed by atoms with Gasteiger partial charge in [0.25, 0.3) is 0 Å². The Morgan fingerprint density at radius 2 is 0.906 bits per heavy atom. The molecule has 1 amide bonds. The molecular weight excluding hydrogens is 816 g/mol. The van der Waals surface area contributed by atoms with Gasteiger partial charge in [-0.3, -0.25) is 13.8 Å². The highest BCUT2D eigenvalue weighted by Crippen LogP contribution is 2.43. The summed E-state index contributed by atoms with van der Waals surface area (Å²) in [5.74, 6) is -0.200. The van der Waals surface area contributed by atoms with Crippen LogP contribution in [0.5, 0.6) is 0 Å². The second-order valence-electron chi connectivity index (χ2n) is 19.6. The number of quaternary nitrogens is 1. The first-order valence-electron chi connectivity index (χ1n) is 27.0. The van der Waals surface area contributed by atoms with E-state index in [4.69, 9.17) is 9.05 Å². The van der Waals surface area contributed by atoms with Crippen LogP contribution in [-0.4, -0.2) is 73.4 Å². The van der Waals surface area contributed by atoms with Gasteiger partial charge in [-0.25, -0.2) is 4.57 Å². The highest BCUT2D eigenvalue weighted by molar-refractivity contribution is 7.47. The largest absolute Gasteiger partial charge is 0.472 e. The molecule has 0 aromatic rings. The molecule has 0 saturated heterocycles. The molecule has 0 spiro atoms. The lowest BCUT2D eigenvalue weighted by Crippen LogP contribution is -2.45. The van der Waals surface area contributed by atoms with Crippen molar-refractivity contribution in [2.75, 3.05) is 40.9 Å². The second kappa shape index (κ2) is 46.6. The molecule has 3 N–H and O–H groups in total. The summed E-state index contributed by atoms with van der Waals surface area (Å²) in [6, 6.07) is -0.872.